The number of hydrogen-bond donors (Lipinski definition) is 1. The van der Waals surface area contributed by atoms with Crippen molar-refractivity contribution in [2.75, 3.05) is 5.32 Å². The van der Waals surface area contributed by atoms with E-state index in [-0.39, 0.29) is 6.61 Å². The largest absolute Gasteiger partial charge is 0.489 e. The summed E-state index contributed by atoms with van der Waals surface area (Å²) in [6.07, 6.45) is 0. The van der Waals surface area contributed by atoms with Crippen molar-refractivity contribution in [2.24, 2.45) is 0 Å². The van der Waals surface area contributed by atoms with Crippen LogP contribution in [0.5, 0.6) is 5.75 Å². The molecule has 0 fully saturated rings. The Morgan fingerprint density at radius 3 is 2.57 bits per heavy atom. The van der Waals surface area contributed by atoms with Crippen molar-refractivity contribution in [3.8, 4) is 5.75 Å². The first-order valence-corrected chi connectivity index (χ1v) is 6.86. The molecule has 21 heavy (non-hydrogen) atoms. The third-order valence-corrected chi connectivity index (χ3v) is 3.82. The van der Waals surface area contributed by atoms with Crippen LogP contribution in [-0.2, 0) is 11.4 Å². The van der Waals surface area contributed by atoms with Gasteiger partial charge in [0.15, 0.2) is 0 Å². The number of Topliss-reactive ketones (excluding diaryl/α,β-unsaturated/α-hetero) is 1. The molecule has 106 valence electrons. The minimum atomic E-state index is -0.619. The fraction of sp³-hybridized carbons (Fsp3) is 0.0667. The van der Waals surface area contributed by atoms with E-state index >= 15 is 0 Å². The third kappa shape index (κ3) is 2.73. The lowest BCUT2D eigenvalue weighted by Crippen LogP contribution is -2.12. The molecule has 0 radical (unpaired) electrons. The van der Waals surface area contributed by atoms with Gasteiger partial charge in [0.25, 0.3) is 11.7 Å². The van der Waals surface area contributed by atoms with Gasteiger partial charge >= 0.3 is 0 Å². The molecule has 1 heterocycles. The Bertz CT molecular complexity index is 759. The summed E-state index contributed by atoms with van der Waals surface area (Å²) in [6, 6.07) is 10.1. The molecule has 2 aromatic carbocycles. The van der Waals surface area contributed by atoms with Gasteiger partial charge in [0.1, 0.15) is 12.4 Å². The summed E-state index contributed by atoms with van der Waals surface area (Å²) in [5.74, 6) is -0.665. The van der Waals surface area contributed by atoms with E-state index in [1.54, 1.807) is 36.4 Å². The number of rotatable bonds is 3. The van der Waals surface area contributed by atoms with Crippen LogP contribution in [0.2, 0.25) is 10.0 Å². The molecule has 4 nitrogen and oxygen atoms in total. The van der Waals surface area contributed by atoms with E-state index in [0.29, 0.717) is 27.0 Å². The van der Waals surface area contributed by atoms with Gasteiger partial charge < -0.3 is 10.1 Å². The average molecular weight is 322 g/mol. The van der Waals surface area contributed by atoms with Gasteiger partial charge in [0.2, 0.25) is 0 Å². The van der Waals surface area contributed by atoms with E-state index in [1.165, 1.54) is 0 Å². The van der Waals surface area contributed by atoms with Crippen molar-refractivity contribution in [3.63, 3.8) is 0 Å². The van der Waals surface area contributed by atoms with Crippen LogP contribution in [0.4, 0.5) is 5.69 Å². The van der Waals surface area contributed by atoms with Crippen LogP contribution in [0.15, 0.2) is 36.4 Å². The molecule has 0 aliphatic carbocycles. The number of carbonyl (C=O) groups excluding carboxylic acids is 2. The van der Waals surface area contributed by atoms with Crippen molar-refractivity contribution in [1.29, 1.82) is 0 Å². The molecule has 6 heteroatoms. The second-order valence-corrected chi connectivity index (χ2v) is 5.34. The Kier molecular flexibility index (Phi) is 3.57. The van der Waals surface area contributed by atoms with Crippen LogP contribution >= 0.6 is 23.2 Å². The zero-order valence-corrected chi connectivity index (χ0v) is 12.2. The maximum Gasteiger partial charge on any atom is 0.296 e. The molecule has 2 aromatic rings. The lowest BCUT2D eigenvalue weighted by molar-refractivity contribution is -0.112. The molecule has 0 bridgehead atoms. The zero-order valence-electron chi connectivity index (χ0n) is 10.7. The topological polar surface area (TPSA) is 55.4 Å². The van der Waals surface area contributed by atoms with Crippen LogP contribution in [0.25, 0.3) is 0 Å². The van der Waals surface area contributed by atoms with E-state index in [1.807, 2.05) is 0 Å². The van der Waals surface area contributed by atoms with Gasteiger partial charge in [0, 0.05) is 0 Å². The summed E-state index contributed by atoms with van der Waals surface area (Å²) >= 11 is 11.8. The van der Waals surface area contributed by atoms with E-state index in [9.17, 15) is 9.59 Å². The fourth-order valence-electron chi connectivity index (χ4n) is 2.01. The molecule has 1 aliphatic rings. The van der Waals surface area contributed by atoms with Crippen molar-refractivity contribution in [3.05, 3.63) is 57.6 Å². The standard InChI is InChI=1S/C15H9Cl2NO3/c16-11-3-1-8(5-12(11)17)7-21-9-2-4-13-10(6-9)14(19)15(20)18-13/h1-6H,7H2,(H,18,19,20). The minimum absolute atomic E-state index is 0.283. The first kappa shape index (κ1) is 13.9. The molecule has 3 rings (SSSR count). The second-order valence-electron chi connectivity index (χ2n) is 4.53. The molecule has 1 N–H and O–H groups in total. The number of nitrogens with one attached hydrogen (secondary N) is 1. The van der Waals surface area contributed by atoms with Gasteiger partial charge in [-0.3, -0.25) is 9.59 Å². The number of ketones is 1. The highest BCUT2D eigenvalue weighted by atomic mass is 35.5. The summed E-state index contributed by atoms with van der Waals surface area (Å²) in [7, 11) is 0. The highest BCUT2D eigenvalue weighted by Gasteiger charge is 2.28. The number of fused-ring (bicyclic) bond motifs is 1. The van der Waals surface area contributed by atoms with E-state index in [0.717, 1.165) is 5.56 Å². The molecule has 1 amide bonds. The second kappa shape index (κ2) is 5.39. The van der Waals surface area contributed by atoms with Gasteiger partial charge in [-0.25, -0.2) is 0 Å². The number of ether oxygens (including phenoxy) is 1. The molecule has 0 spiro atoms. The first-order chi connectivity index (χ1) is 10.0. The smallest absolute Gasteiger partial charge is 0.296 e. The molecular formula is C15H9Cl2NO3. The van der Waals surface area contributed by atoms with Gasteiger partial charge in [-0.2, -0.15) is 0 Å². The summed E-state index contributed by atoms with van der Waals surface area (Å²) in [4.78, 5) is 22.9. The molecule has 0 saturated heterocycles. The summed E-state index contributed by atoms with van der Waals surface area (Å²) in [5, 5.41) is 3.42. The lowest BCUT2D eigenvalue weighted by atomic mass is 10.1. The van der Waals surface area contributed by atoms with Crippen LogP contribution in [0.1, 0.15) is 15.9 Å². The van der Waals surface area contributed by atoms with Crippen molar-refractivity contribution < 1.29 is 14.3 Å². The van der Waals surface area contributed by atoms with Gasteiger partial charge in [-0.1, -0.05) is 29.3 Å². The Morgan fingerprint density at radius 1 is 1.00 bits per heavy atom. The number of halogens is 2. The number of amides is 1. The lowest BCUT2D eigenvalue weighted by Gasteiger charge is -2.08. The van der Waals surface area contributed by atoms with Gasteiger partial charge in [0.05, 0.1) is 21.3 Å². The summed E-state index contributed by atoms with van der Waals surface area (Å²) < 4.78 is 5.60. The van der Waals surface area contributed by atoms with Gasteiger partial charge in [-0.15, -0.1) is 0 Å². The maximum atomic E-state index is 11.6. The highest BCUT2D eigenvalue weighted by molar-refractivity contribution is 6.51. The Balaban J connectivity index is 1.76. The Labute approximate surface area is 130 Å². The molecule has 0 aromatic heterocycles. The monoisotopic (exact) mass is 321 g/mol. The average Bonchev–Trinajstić information content (AvgIpc) is 2.75. The van der Waals surface area contributed by atoms with E-state index in [2.05, 4.69) is 5.32 Å². The van der Waals surface area contributed by atoms with Crippen molar-refractivity contribution in [2.45, 2.75) is 6.61 Å². The number of carbonyl (C=O) groups is 2. The normalized spacial score (nSPS) is 13.0. The predicted octanol–water partition coefficient (Wildman–Crippen LogP) is 3.71. The van der Waals surface area contributed by atoms with Crippen LogP contribution < -0.4 is 10.1 Å². The number of hydrogen-bond acceptors (Lipinski definition) is 3. The van der Waals surface area contributed by atoms with E-state index < -0.39 is 11.7 Å². The van der Waals surface area contributed by atoms with Crippen molar-refractivity contribution in [1.82, 2.24) is 0 Å². The van der Waals surface area contributed by atoms with E-state index in [4.69, 9.17) is 27.9 Å². The first-order valence-electron chi connectivity index (χ1n) is 6.11. The zero-order chi connectivity index (χ0) is 15.0. The third-order valence-electron chi connectivity index (χ3n) is 3.08. The molecular weight excluding hydrogens is 313 g/mol. The van der Waals surface area contributed by atoms with Crippen LogP contribution in [0.3, 0.4) is 0 Å². The SMILES string of the molecule is O=C1Nc2ccc(OCc3ccc(Cl)c(Cl)c3)cc2C1=O. The molecule has 1 aliphatic heterocycles. The summed E-state index contributed by atoms with van der Waals surface area (Å²) in [5.41, 5.74) is 1.68. The maximum absolute atomic E-state index is 11.6. The molecule has 0 unspecified atom stereocenters. The number of benzene rings is 2. The fourth-order valence-corrected chi connectivity index (χ4v) is 2.33. The molecule has 0 saturated carbocycles. The van der Waals surface area contributed by atoms with Crippen LogP contribution in [-0.4, -0.2) is 11.7 Å². The molecule has 0 atom stereocenters. The minimum Gasteiger partial charge on any atom is -0.489 e. The summed E-state index contributed by atoms with van der Waals surface area (Å²) in [6.45, 7) is 0.283. The Morgan fingerprint density at radius 2 is 1.81 bits per heavy atom. The Hall–Kier alpha value is -2.04. The van der Waals surface area contributed by atoms with Crippen molar-refractivity contribution >= 4 is 40.6 Å². The number of anilines is 1. The predicted molar refractivity (Wildman–Crippen MR) is 80.2 cm³/mol. The quantitative estimate of drug-likeness (QED) is 0.877. The van der Waals surface area contributed by atoms with Crippen LogP contribution in [0, 0.1) is 0 Å². The van der Waals surface area contributed by atoms with Gasteiger partial charge in [-0.05, 0) is 35.9 Å². The highest BCUT2D eigenvalue weighted by Crippen LogP contribution is 2.28.